The maximum Gasteiger partial charge on any atom is 0.330 e. The highest BCUT2D eigenvalue weighted by Crippen LogP contribution is 2.26. The number of esters is 1. The highest BCUT2D eigenvalue weighted by molar-refractivity contribution is 5.84. The van der Waals surface area contributed by atoms with Crippen LogP contribution < -0.4 is 5.32 Å². The Balaban J connectivity index is 2.65. The van der Waals surface area contributed by atoms with E-state index in [1.54, 1.807) is 13.0 Å². The smallest absolute Gasteiger partial charge is 0.330 e. The molecule has 1 atom stereocenters. The lowest BCUT2D eigenvalue weighted by Gasteiger charge is -2.14. The Labute approximate surface area is 118 Å². The number of aryl methyl sites for hydroxylation is 2. The number of rotatable bonds is 6. The van der Waals surface area contributed by atoms with Gasteiger partial charge in [0.15, 0.2) is 0 Å². The Morgan fingerprint density at radius 2 is 2.15 bits per heavy atom. The number of aromatic nitrogens is 1. The second-order valence-corrected chi connectivity index (χ2v) is 4.37. The molecule has 1 aromatic heterocycles. The molecule has 0 saturated carbocycles. The standard InChI is InChI=1S/C14H20N2O4/c1-5-11(13-9(2)16-20-10(13)3)14(18)15-8-6-7-12(17)19-4/h6-7,11H,5,8H2,1-4H3,(H,15,18)/b7-6+. The molecule has 6 heteroatoms. The lowest BCUT2D eigenvalue weighted by atomic mass is 9.94. The molecule has 0 aliphatic heterocycles. The third-order valence-electron chi connectivity index (χ3n) is 3.01. The number of hydrogen-bond acceptors (Lipinski definition) is 5. The van der Waals surface area contributed by atoms with Crippen LogP contribution in [0.3, 0.4) is 0 Å². The number of methoxy groups -OCH3 is 1. The minimum Gasteiger partial charge on any atom is -0.466 e. The van der Waals surface area contributed by atoms with Crippen LogP contribution in [0.5, 0.6) is 0 Å². The fourth-order valence-electron chi connectivity index (χ4n) is 2.01. The highest BCUT2D eigenvalue weighted by atomic mass is 16.5. The first-order valence-electron chi connectivity index (χ1n) is 6.46. The van der Waals surface area contributed by atoms with E-state index in [1.165, 1.54) is 13.2 Å². The first-order chi connectivity index (χ1) is 9.51. The van der Waals surface area contributed by atoms with Crippen LogP contribution in [0, 0.1) is 13.8 Å². The van der Waals surface area contributed by atoms with Gasteiger partial charge in [-0.15, -0.1) is 0 Å². The van der Waals surface area contributed by atoms with Crippen molar-refractivity contribution < 1.29 is 18.8 Å². The summed E-state index contributed by atoms with van der Waals surface area (Å²) in [6, 6.07) is 0. The molecule has 20 heavy (non-hydrogen) atoms. The predicted octanol–water partition coefficient (Wildman–Crippen LogP) is 1.63. The van der Waals surface area contributed by atoms with Gasteiger partial charge in [-0.1, -0.05) is 18.2 Å². The fourth-order valence-corrected chi connectivity index (χ4v) is 2.01. The molecule has 0 aromatic carbocycles. The quantitative estimate of drug-likeness (QED) is 0.632. The zero-order valence-corrected chi connectivity index (χ0v) is 12.2. The topological polar surface area (TPSA) is 81.4 Å². The molecular formula is C14H20N2O4. The molecule has 1 rings (SSSR count). The largest absolute Gasteiger partial charge is 0.466 e. The van der Waals surface area contributed by atoms with Crippen molar-refractivity contribution >= 4 is 11.9 Å². The number of nitrogens with one attached hydrogen (secondary N) is 1. The Hall–Kier alpha value is -2.11. The SMILES string of the molecule is CCC(C(=O)NC/C=C/C(=O)OC)c1c(C)noc1C. The van der Waals surface area contributed by atoms with Gasteiger partial charge in [0.25, 0.3) is 0 Å². The van der Waals surface area contributed by atoms with Gasteiger partial charge in [-0.05, 0) is 20.3 Å². The molecule has 1 amide bonds. The van der Waals surface area contributed by atoms with E-state index in [1.807, 2.05) is 13.8 Å². The van der Waals surface area contributed by atoms with Crippen LogP contribution in [0.2, 0.25) is 0 Å². The number of hydrogen-bond donors (Lipinski definition) is 1. The molecule has 0 aliphatic carbocycles. The zero-order valence-electron chi connectivity index (χ0n) is 12.2. The molecule has 0 radical (unpaired) electrons. The third kappa shape index (κ3) is 3.94. The highest BCUT2D eigenvalue weighted by Gasteiger charge is 2.25. The molecule has 0 spiro atoms. The average Bonchev–Trinajstić information content (AvgIpc) is 2.76. The third-order valence-corrected chi connectivity index (χ3v) is 3.01. The van der Waals surface area contributed by atoms with Gasteiger partial charge in [-0.3, -0.25) is 4.79 Å². The second-order valence-electron chi connectivity index (χ2n) is 4.37. The number of nitrogens with zero attached hydrogens (tertiary/aromatic N) is 1. The van der Waals surface area contributed by atoms with Crippen molar-refractivity contribution in [1.82, 2.24) is 10.5 Å². The van der Waals surface area contributed by atoms with Crippen molar-refractivity contribution in [2.24, 2.45) is 0 Å². The molecule has 1 heterocycles. The van der Waals surface area contributed by atoms with Crippen molar-refractivity contribution in [2.45, 2.75) is 33.1 Å². The molecule has 6 nitrogen and oxygen atoms in total. The van der Waals surface area contributed by atoms with Gasteiger partial charge in [-0.2, -0.15) is 0 Å². The summed E-state index contributed by atoms with van der Waals surface area (Å²) in [7, 11) is 1.30. The Bertz CT molecular complexity index is 486. The van der Waals surface area contributed by atoms with Crippen molar-refractivity contribution in [3.8, 4) is 0 Å². The van der Waals surface area contributed by atoms with Crippen molar-refractivity contribution in [3.05, 3.63) is 29.2 Å². The molecule has 0 bridgehead atoms. The van der Waals surface area contributed by atoms with Crippen LogP contribution >= 0.6 is 0 Å². The lowest BCUT2D eigenvalue weighted by Crippen LogP contribution is -2.29. The number of ether oxygens (including phenoxy) is 1. The van der Waals surface area contributed by atoms with E-state index < -0.39 is 5.97 Å². The monoisotopic (exact) mass is 280 g/mol. The number of carbonyl (C=O) groups excluding carboxylic acids is 2. The summed E-state index contributed by atoms with van der Waals surface area (Å²) in [4.78, 5) is 23.0. The van der Waals surface area contributed by atoms with Crippen molar-refractivity contribution in [3.63, 3.8) is 0 Å². The van der Waals surface area contributed by atoms with Crippen molar-refractivity contribution in [1.29, 1.82) is 0 Å². The van der Waals surface area contributed by atoms with Crippen molar-refractivity contribution in [2.75, 3.05) is 13.7 Å². The van der Waals surface area contributed by atoms with Gasteiger partial charge in [0.1, 0.15) is 5.76 Å². The van der Waals surface area contributed by atoms with Gasteiger partial charge in [-0.25, -0.2) is 4.79 Å². The summed E-state index contributed by atoms with van der Waals surface area (Å²) >= 11 is 0. The van der Waals surface area contributed by atoms with Crippen LogP contribution in [0.25, 0.3) is 0 Å². The van der Waals surface area contributed by atoms with E-state index in [4.69, 9.17) is 4.52 Å². The molecule has 0 aliphatic rings. The minimum atomic E-state index is -0.447. The van der Waals surface area contributed by atoms with Crippen LogP contribution in [0.1, 0.15) is 36.3 Å². The Morgan fingerprint density at radius 3 is 2.65 bits per heavy atom. The summed E-state index contributed by atoms with van der Waals surface area (Å²) in [5.41, 5.74) is 1.57. The van der Waals surface area contributed by atoms with E-state index in [9.17, 15) is 9.59 Å². The van der Waals surface area contributed by atoms with Gasteiger partial charge < -0.3 is 14.6 Å². The normalized spacial score (nSPS) is 12.4. The van der Waals surface area contributed by atoms with Gasteiger partial charge in [0.05, 0.1) is 18.7 Å². The molecule has 1 N–H and O–H groups in total. The lowest BCUT2D eigenvalue weighted by molar-refractivity contribution is -0.134. The maximum atomic E-state index is 12.2. The molecule has 110 valence electrons. The van der Waals surface area contributed by atoms with Gasteiger partial charge in [0.2, 0.25) is 5.91 Å². The number of amides is 1. The Kier molecular flexibility index (Phi) is 5.96. The fraction of sp³-hybridized carbons (Fsp3) is 0.500. The molecule has 0 saturated heterocycles. The zero-order chi connectivity index (χ0) is 15.1. The van der Waals surface area contributed by atoms with E-state index in [2.05, 4.69) is 15.2 Å². The van der Waals surface area contributed by atoms with Gasteiger partial charge in [0, 0.05) is 18.2 Å². The second kappa shape index (κ2) is 7.47. The van der Waals surface area contributed by atoms with Crippen LogP contribution in [-0.2, 0) is 14.3 Å². The maximum absolute atomic E-state index is 12.2. The van der Waals surface area contributed by atoms with E-state index >= 15 is 0 Å². The van der Waals surface area contributed by atoms with Crippen LogP contribution in [-0.4, -0.2) is 30.7 Å². The average molecular weight is 280 g/mol. The first kappa shape index (κ1) is 15.9. The minimum absolute atomic E-state index is 0.114. The first-order valence-corrected chi connectivity index (χ1v) is 6.46. The molecule has 1 aromatic rings. The molecule has 0 fully saturated rings. The number of carbonyl (C=O) groups is 2. The van der Waals surface area contributed by atoms with Crippen LogP contribution in [0.15, 0.2) is 16.7 Å². The summed E-state index contributed by atoms with van der Waals surface area (Å²) in [5.74, 6) is -0.198. The van der Waals surface area contributed by atoms with E-state index in [0.29, 0.717) is 12.2 Å². The predicted molar refractivity (Wildman–Crippen MR) is 73.2 cm³/mol. The molecular weight excluding hydrogens is 260 g/mol. The van der Waals surface area contributed by atoms with E-state index in [-0.39, 0.29) is 18.4 Å². The van der Waals surface area contributed by atoms with Crippen LogP contribution in [0.4, 0.5) is 0 Å². The summed E-state index contributed by atoms with van der Waals surface area (Å²) < 4.78 is 9.55. The Morgan fingerprint density at radius 1 is 1.45 bits per heavy atom. The van der Waals surface area contributed by atoms with Gasteiger partial charge >= 0.3 is 5.97 Å². The summed E-state index contributed by atoms with van der Waals surface area (Å²) in [6.07, 6.45) is 3.47. The summed E-state index contributed by atoms with van der Waals surface area (Å²) in [5, 5.41) is 6.62. The molecule has 1 unspecified atom stereocenters. The van der Waals surface area contributed by atoms with E-state index in [0.717, 1.165) is 11.3 Å². The summed E-state index contributed by atoms with van der Waals surface area (Å²) in [6.45, 7) is 5.82.